The van der Waals surface area contributed by atoms with Gasteiger partial charge in [0, 0.05) is 31.9 Å². The molecule has 2 atom stereocenters. The monoisotopic (exact) mass is 247 g/mol. The zero-order chi connectivity index (χ0) is 13.0. The number of likely N-dealkylation sites (tertiary alicyclic amines) is 1. The molecule has 1 aromatic rings. The third kappa shape index (κ3) is 3.09. The SMILES string of the molecule is CCc1cccnc1CN1CCC(NC)C(C)C1. The lowest BCUT2D eigenvalue weighted by Crippen LogP contribution is -2.46. The molecule has 0 amide bonds. The van der Waals surface area contributed by atoms with Gasteiger partial charge < -0.3 is 5.32 Å². The summed E-state index contributed by atoms with van der Waals surface area (Å²) in [5, 5.41) is 3.42. The van der Waals surface area contributed by atoms with Crippen LogP contribution in [0, 0.1) is 5.92 Å². The molecular weight excluding hydrogens is 222 g/mol. The molecule has 2 rings (SSSR count). The number of nitrogens with zero attached hydrogens (tertiary/aromatic N) is 2. The summed E-state index contributed by atoms with van der Waals surface area (Å²) in [6.07, 6.45) is 4.23. The van der Waals surface area contributed by atoms with Crippen LogP contribution >= 0.6 is 0 Å². The number of nitrogens with one attached hydrogen (secondary N) is 1. The van der Waals surface area contributed by atoms with Crippen LogP contribution < -0.4 is 5.32 Å². The minimum Gasteiger partial charge on any atom is -0.317 e. The van der Waals surface area contributed by atoms with Gasteiger partial charge in [0.25, 0.3) is 0 Å². The van der Waals surface area contributed by atoms with E-state index >= 15 is 0 Å². The van der Waals surface area contributed by atoms with E-state index in [4.69, 9.17) is 0 Å². The van der Waals surface area contributed by atoms with Crippen LogP contribution in [-0.4, -0.2) is 36.1 Å². The van der Waals surface area contributed by atoms with Crippen LogP contribution in [0.25, 0.3) is 0 Å². The van der Waals surface area contributed by atoms with Gasteiger partial charge in [-0.25, -0.2) is 0 Å². The number of aromatic nitrogens is 1. The zero-order valence-electron chi connectivity index (χ0n) is 11.8. The molecule has 1 saturated heterocycles. The molecule has 2 unspecified atom stereocenters. The van der Waals surface area contributed by atoms with Gasteiger partial charge in [-0.2, -0.15) is 0 Å². The van der Waals surface area contributed by atoms with Gasteiger partial charge in [0.05, 0.1) is 5.69 Å². The molecule has 3 heteroatoms. The van der Waals surface area contributed by atoms with E-state index in [0.717, 1.165) is 18.9 Å². The Kier molecular flexibility index (Phi) is 4.72. The van der Waals surface area contributed by atoms with Crippen LogP contribution in [0.5, 0.6) is 0 Å². The highest BCUT2D eigenvalue weighted by Crippen LogP contribution is 2.19. The molecule has 1 aromatic heterocycles. The Hall–Kier alpha value is -0.930. The molecule has 100 valence electrons. The zero-order valence-corrected chi connectivity index (χ0v) is 11.8. The number of piperidine rings is 1. The molecule has 1 N–H and O–H groups in total. The molecule has 2 heterocycles. The van der Waals surface area contributed by atoms with E-state index in [1.807, 2.05) is 12.3 Å². The standard InChI is InChI=1S/C15H25N3/c1-4-13-6-5-8-17-15(13)11-18-9-7-14(16-3)12(2)10-18/h5-6,8,12,14,16H,4,7,9-11H2,1-3H3. The molecule has 0 spiro atoms. The number of rotatable bonds is 4. The largest absolute Gasteiger partial charge is 0.317 e. The summed E-state index contributed by atoms with van der Waals surface area (Å²) in [5.41, 5.74) is 2.65. The van der Waals surface area contributed by atoms with Crippen LogP contribution in [0.1, 0.15) is 31.5 Å². The van der Waals surface area contributed by atoms with E-state index in [0.29, 0.717) is 6.04 Å². The molecule has 0 bridgehead atoms. The number of pyridine rings is 1. The Bertz CT molecular complexity index is 378. The summed E-state index contributed by atoms with van der Waals surface area (Å²) in [6, 6.07) is 4.92. The molecular formula is C15H25N3. The highest BCUT2D eigenvalue weighted by Gasteiger charge is 2.25. The van der Waals surface area contributed by atoms with Crippen LogP contribution in [0.4, 0.5) is 0 Å². The van der Waals surface area contributed by atoms with Gasteiger partial charge >= 0.3 is 0 Å². The van der Waals surface area contributed by atoms with Gasteiger partial charge in [0.1, 0.15) is 0 Å². The topological polar surface area (TPSA) is 28.2 Å². The van der Waals surface area contributed by atoms with E-state index in [1.165, 1.54) is 30.8 Å². The number of hydrogen-bond acceptors (Lipinski definition) is 3. The fourth-order valence-electron chi connectivity index (χ4n) is 2.95. The van der Waals surface area contributed by atoms with E-state index < -0.39 is 0 Å². The number of aryl methyl sites for hydroxylation is 1. The molecule has 1 fully saturated rings. The molecule has 18 heavy (non-hydrogen) atoms. The Morgan fingerprint density at radius 2 is 2.33 bits per heavy atom. The van der Waals surface area contributed by atoms with Crippen molar-refractivity contribution in [1.82, 2.24) is 15.2 Å². The molecule has 0 aromatic carbocycles. The second-order valence-corrected chi connectivity index (χ2v) is 5.36. The first-order valence-corrected chi connectivity index (χ1v) is 7.07. The summed E-state index contributed by atoms with van der Waals surface area (Å²) in [4.78, 5) is 7.09. The second-order valence-electron chi connectivity index (χ2n) is 5.36. The molecule has 1 aliphatic rings. The molecule has 0 radical (unpaired) electrons. The first kappa shape index (κ1) is 13.5. The van der Waals surface area contributed by atoms with Crippen molar-refractivity contribution in [2.45, 2.75) is 39.3 Å². The van der Waals surface area contributed by atoms with Gasteiger partial charge in [-0.1, -0.05) is 19.9 Å². The molecule has 3 nitrogen and oxygen atoms in total. The van der Waals surface area contributed by atoms with E-state index in [2.05, 4.69) is 42.2 Å². The summed E-state index contributed by atoms with van der Waals surface area (Å²) in [7, 11) is 2.07. The maximum Gasteiger partial charge on any atom is 0.0575 e. The predicted molar refractivity (Wildman–Crippen MR) is 75.5 cm³/mol. The minimum atomic E-state index is 0.677. The first-order chi connectivity index (χ1) is 8.74. The van der Waals surface area contributed by atoms with Crippen molar-refractivity contribution in [2.75, 3.05) is 20.1 Å². The van der Waals surface area contributed by atoms with Crippen molar-refractivity contribution in [3.05, 3.63) is 29.6 Å². The third-order valence-electron chi connectivity index (χ3n) is 4.10. The van der Waals surface area contributed by atoms with E-state index in [9.17, 15) is 0 Å². The maximum absolute atomic E-state index is 4.55. The van der Waals surface area contributed by atoms with Crippen molar-refractivity contribution >= 4 is 0 Å². The van der Waals surface area contributed by atoms with Gasteiger partial charge in [0.2, 0.25) is 0 Å². The minimum absolute atomic E-state index is 0.677. The summed E-state index contributed by atoms with van der Waals surface area (Å²) in [6.45, 7) is 7.90. The van der Waals surface area contributed by atoms with Crippen molar-refractivity contribution in [3.8, 4) is 0 Å². The highest BCUT2D eigenvalue weighted by molar-refractivity contribution is 5.19. The lowest BCUT2D eigenvalue weighted by molar-refractivity contribution is 0.143. The van der Waals surface area contributed by atoms with Crippen molar-refractivity contribution in [1.29, 1.82) is 0 Å². The average molecular weight is 247 g/mol. The Labute approximate surface area is 111 Å². The first-order valence-electron chi connectivity index (χ1n) is 7.07. The Balaban J connectivity index is 1.98. The summed E-state index contributed by atoms with van der Waals surface area (Å²) < 4.78 is 0. The lowest BCUT2D eigenvalue weighted by Gasteiger charge is -2.36. The fraction of sp³-hybridized carbons (Fsp3) is 0.667. The van der Waals surface area contributed by atoms with Crippen molar-refractivity contribution in [2.24, 2.45) is 5.92 Å². The fourth-order valence-corrected chi connectivity index (χ4v) is 2.95. The molecule has 0 saturated carbocycles. The van der Waals surface area contributed by atoms with Gasteiger partial charge in [-0.15, -0.1) is 0 Å². The molecule has 0 aliphatic carbocycles. The van der Waals surface area contributed by atoms with E-state index in [-0.39, 0.29) is 0 Å². The normalized spacial score (nSPS) is 25.3. The van der Waals surface area contributed by atoms with Gasteiger partial charge in [-0.05, 0) is 37.4 Å². The summed E-state index contributed by atoms with van der Waals surface area (Å²) in [5.74, 6) is 0.720. The Morgan fingerprint density at radius 1 is 1.50 bits per heavy atom. The molecule has 1 aliphatic heterocycles. The van der Waals surface area contributed by atoms with Gasteiger partial charge in [0.15, 0.2) is 0 Å². The number of hydrogen-bond donors (Lipinski definition) is 1. The average Bonchev–Trinajstić information content (AvgIpc) is 2.39. The van der Waals surface area contributed by atoms with Gasteiger partial charge in [-0.3, -0.25) is 9.88 Å². The van der Waals surface area contributed by atoms with Crippen LogP contribution in [0.15, 0.2) is 18.3 Å². The second kappa shape index (κ2) is 6.30. The Morgan fingerprint density at radius 3 is 3.00 bits per heavy atom. The quantitative estimate of drug-likeness (QED) is 0.883. The lowest BCUT2D eigenvalue weighted by atomic mass is 9.94. The van der Waals surface area contributed by atoms with E-state index in [1.54, 1.807) is 0 Å². The maximum atomic E-state index is 4.55. The van der Waals surface area contributed by atoms with Crippen molar-refractivity contribution < 1.29 is 0 Å². The highest BCUT2D eigenvalue weighted by atomic mass is 15.2. The van der Waals surface area contributed by atoms with Crippen LogP contribution in [0.3, 0.4) is 0 Å². The summed E-state index contributed by atoms with van der Waals surface area (Å²) >= 11 is 0. The van der Waals surface area contributed by atoms with Crippen LogP contribution in [-0.2, 0) is 13.0 Å². The van der Waals surface area contributed by atoms with Crippen molar-refractivity contribution in [3.63, 3.8) is 0 Å². The van der Waals surface area contributed by atoms with Crippen LogP contribution in [0.2, 0.25) is 0 Å². The smallest absolute Gasteiger partial charge is 0.0575 e. The third-order valence-corrected chi connectivity index (χ3v) is 4.10. The predicted octanol–water partition coefficient (Wildman–Crippen LogP) is 2.07.